The lowest BCUT2D eigenvalue weighted by atomic mass is 9.98. The second-order valence-electron chi connectivity index (χ2n) is 3.54. The van der Waals surface area contributed by atoms with Crippen LogP contribution in [0.2, 0.25) is 0 Å². The maximum atomic E-state index is 9.82. The first-order valence-corrected chi connectivity index (χ1v) is 4.79. The maximum absolute atomic E-state index is 9.82. The predicted octanol–water partition coefficient (Wildman–Crippen LogP) is 1.56. The molecule has 1 heterocycles. The highest BCUT2D eigenvalue weighted by Gasteiger charge is 2.21. The van der Waals surface area contributed by atoms with E-state index in [1.165, 1.54) is 5.56 Å². The second kappa shape index (κ2) is 3.48. The van der Waals surface area contributed by atoms with E-state index in [-0.39, 0.29) is 6.10 Å². The Kier molecular flexibility index (Phi) is 2.34. The minimum absolute atomic E-state index is 0.301. The summed E-state index contributed by atoms with van der Waals surface area (Å²) >= 11 is 0. The topological polar surface area (TPSA) is 23.5 Å². The smallest absolute Gasteiger partial charge is 0.0920 e. The Hall–Kier alpha value is -0.860. The molecule has 70 valence electrons. The summed E-state index contributed by atoms with van der Waals surface area (Å²) in [5.74, 6) is 0. The van der Waals surface area contributed by atoms with Gasteiger partial charge in [-0.1, -0.05) is 31.2 Å². The Morgan fingerprint density at radius 3 is 3.00 bits per heavy atom. The van der Waals surface area contributed by atoms with Gasteiger partial charge in [-0.2, -0.15) is 0 Å². The van der Waals surface area contributed by atoms with Crippen LogP contribution in [0.25, 0.3) is 0 Å². The zero-order valence-corrected chi connectivity index (χ0v) is 7.90. The van der Waals surface area contributed by atoms with Crippen molar-refractivity contribution in [2.75, 3.05) is 13.1 Å². The fourth-order valence-corrected chi connectivity index (χ4v) is 1.89. The van der Waals surface area contributed by atoms with E-state index in [0.29, 0.717) is 0 Å². The Labute approximate surface area is 78.8 Å². The van der Waals surface area contributed by atoms with Crippen LogP contribution in [0.5, 0.6) is 0 Å². The average molecular weight is 177 g/mol. The molecule has 0 aromatic heterocycles. The number of hydrogen-bond acceptors (Lipinski definition) is 2. The minimum atomic E-state index is -0.301. The van der Waals surface area contributed by atoms with Crippen LogP contribution in [0, 0.1) is 0 Å². The van der Waals surface area contributed by atoms with E-state index in [1.54, 1.807) is 0 Å². The number of aliphatic hydroxyl groups excluding tert-OH is 1. The molecule has 0 saturated heterocycles. The lowest BCUT2D eigenvalue weighted by Crippen LogP contribution is -2.33. The van der Waals surface area contributed by atoms with Crippen molar-refractivity contribution < 1.29 is 5.11 Å². The fraction of sp³-hybridized carbons (Fsp3) is 0.455. The number of aliphatic hydroxyl groups is 1. The van der Waals surface area contributed by atoms with Gasteiger partial charge in [-0.3, -0.25) is 4.90 Å². The molecule has 1 aliphatic heterocycles. The highest BCUT2D eigenvalue weighted by Crippen LogP contribution is 2.25. The molecule has 2 rings (SSSR count). The van der Waals surface area contributed by atoms with Gasteiger partial charge in [0.15, 0.2) is 0 Å². The van der Waals surface area contributed by atoms with Gasteiger partial charge < -0.3 is 5.11 Å². The second-order valence-corrected chi connectivity index (χ2v) is 3.54. The van der Waals surface area contributed by atoms with Crippen LogP contribution < -0.4 is 0 Å². The van der Waals surface area contributed by atoms with Gasteiger partial charge in [-0.15, -0.1) is 0 Å². The Morgan fingerprint density at radius 1 is 1.46 bits per heavy atom. The van der Waals surface area contributed by atoms with E-state index in [1.807, 2.05) is 18.2 Å². The summed E-state index contributed by atoms with van der Waals surface area (Å²) in [7, 11) is 0. The van der Waals surface area contributed by atoms with Gasteiger partial charge >= 0.3 is 0 Å². The van der Waals surface area contributed by atoms with Crippen LogP contribution in [0.15, 0.2) is 24.3 Å². The standard InChI is InChI=1S/C11H15NO/c1-2-12-7-9-5-3-4-6-10(9)11(13)8-12/h3-6,11,13H,2,7-8H2,1H3. The van der Waals surface area contributed by atoms with Gasteiger partial charge in [0.2, 0.25) is 0 Å². The summed E-state index contributed by atoms with van der Waals surface area (Å²) in [6, 6.07) is 8.14. The highest BCUT2D eigenvalue weighted by atomic mass is 16.3. The van der Waals surface area contributed by atoms with E-state index >= 15 is 0 Å². The van der Waals surface area contributed by atoms with Gasteiger partial charge in [-0.05, 0) is 17.7 Å². The van der Waals surface area contributed by atoms with Crippen LogP contribution in [-0.4, -0.2) is 23.1 Å². The fourth-order valence-electron chi connectivity index (χ4n) is 1.89. The van der Waals surface area contributed by atoms with Crippen LogP contribution in [0.1, 0.15) is 24.2 Å². The first-order valence-electron chi connectivity index (χ1n) is 4.79. The number of hydrogen-bond donors (Lipinski definition) is 1. The first-order chi connectivity index (χ1) is 6.31. The van der Waals surface area contributed by atoms with Crippen molar-refractivity contribution in [2.24, 2.45) is 0 Å². The quantitative estimate of drug-likeness (QED) is 0.703. The SMILES string of the molecule is CCN1Cc2ccccc2C(O)C1. The summed E-state index contributed by atoms with van der Waals surface area (Å²) in [5, 5.41) is 9.82. The highest BCUT2D eigenvalue weighted by molar-refractivity contribution is 5.31. The molecular weight excluding hydrogens is 162 g/mol. The Balaban J connectivity index is 2.31. The molecule has 0 spiro atoms. The molecule has 2 heteroatoms. The van der Waals surface area contributed by atoms with Crippen LogP contribution >= 0.6 is 0 Å². The van der Waals surface area contributed by atoms with E-state index in [4.69, 9.17) is 0 Å². The molecule has 1 unspecified atom stereocenters. The molecule has 1 aliphatic rings. The van der Waals surface area contributed by atoms with Crippen LogP contribution in [-0.2, 0) is 6.54 Å². The third-order valence-corrected chi connectivity index (χ3v) is 2.69. The zero-order chi connectivity index (χ0) is 9.26. The molecule has 1 aromatic rings. The first kappa shape index (κ1) is 8.73. The third kappa shape index (κ3) is 1.60. The van der Waals surface area contributed by atoms with Crippen molar-refractivity contribution in [3.8, 4) is 0 Å². The molecule has 1 aromatic carbocycles. The summed E-state index contributed by atoms with van der Waals surface area (Å²) in [5.41, 5.74) is 2.37. The van der Waals surface area contributed by atoms with Gasteiger partial charge in [0.05, 0.1) is 6.10 Å². The molecule has 13 heavy (non-hydrogen) atoms. The molecule has 0 fully saturated rings. The van der Waals surface area contributed by atoms with Crippen LogP contribution in [0.3, 0.4) is 0 Å². The number of likely N-dealkylation sites (N-methyl/N-ethyl adjacent to an activating group) is 1. The zero-order valence-electron chi connectivity index (χ0n) is 7.90. The number of fused-ring (bicyclic) bond motifs is 1. The molecule has 0 amide bonds. The van der Waals surface area contributed by atoms with Crippen molar-refractivity contribution in [1.82, 2.24) is 4.90 Å². The van der Waals surface area contributed by atoms with Gasteiger partial charge in [0.1, 0.15) is 0 Å². The van der Waals surface area contributed by atoms with E-state index in [9.17, 15) is 5.11 Å². The number of rotatable bonds is 1. The van der Waals surface area contributed by atoms with Gasteiger partial charge in [0, 0.05) is 13.1 Å². The lowest BCUT2D eigenvalue weighted by molar-refractivity contribution is 0.0958. The molecule has 0 aliphatic carbocycles. The summed E-state index contributed by atoms with van der Waals surface area (Å²) in [6.45, 7) is 4.88. The van der Waals surface area contributed by atoms with Gasteiger partial charge in [0.25, 0.3) is 0 Å². The van der Waals surface area contributed by atoms with E-state index < -0.39 is 0 Å². The third-order valence-electron chi connectivity index (χ3n) is 2.69. The minimum Gasteiger partial charge on any atom is -0.387 e. The van der Waals surface area contributed by atoms with Crippen molar-refractivity contribution >= 4 is 0 Å². The summed E-state index contributed by atoms with van der Waals surface area (Å²) in [6.07, 6.45) is -0.301. The summed E-state index contributed by atoms with van der Waals surface area (Å²) < 4.78 is 0. The van der Waals surface area contributed by atoms with Crippen molar-refractivity contribution in [1.29, 1.82) is 0 Å². The van der Waals surface area contributed by atoms with Crippen LogP contribution in [0.4, 0.5) is 0 Å². The average Bonchev–Trinajstić information content (AvgIpc) is 2.18. The maximum Gasteiger partial charge on any atom is 0.0920 e. The Morgan fingerprint density at radius 2 is 2.23 bits per heavy atom. The number of β-amino-alcohol motifs (C(OH)–C–C–N with tert-alkyl or cyclic N) is 1. The molecule has 0 saturated carbocycles. The summed E-state index contributed by atoms with van der Waals surface area (Å²) in [4.78, 5) is 2.26. The Bertz CT molecular complexity index is 298. The number of nitrogens with zero attached hydrogens (tertiary/aromatic N) is 1. The predicted molar refractivity (Wildman–Crippen MR) is 52.4 cm³/mol. The van der Waals surface area contributed by atoms with Crippen molar-refractivity contribution in [3.63, 3.8) is 0 Å². The molecule has 1 N–H and O–H groups in total. The van der Waals surface area contributed by atoms with Crippen molar-refractivity contribution in [2.45, 2.75) is 19.6 Å². The molecule has 0 bridgehead atoms. The normalized spacial score (nSPS) is 22.8. The lowest BCUT2D eigenvalue weighted by Gasteiger charge is -2.31. The van der Waals surface area contributed by atoms with E-state index in [0.717, 1.165) is 25.2 Å². The molecular formula is C11H15NO. The molecule has 1 atom stereocenters. The van der Waals surface area contributed by atoms with Gasteiger partial charge in [-0.25, -0.2) is 0 Å². The molecule has 0 radical (unpaired) electrons. The van der Waals surface area contributed by atoms with E-state index in [2.05, 4.69) is 17.9 Å². The van der Waals surface area contributed by atoms with Crippen molar-refractivity contribution in [3.05, 3.63) is 35.4 Å². The number of benzene rings is 1. The molecule has 2 nitrogen and oxygen atoms in total. The largest absolute Gasteiger partial charge is 0.387 e. The monoisotopic (exact) mass is 177 g/mol.